The molecule has 5 nitrogen and oxygen atoms in total. The van der Waals surface area contributed by atoms with E-state index >= 15 is 0 Å². The number of nitrogens with zero attached hydrogens (tertiary/aromatic N) is 2. The summed E-state index contributed by atoms with van der Waals surface area (Å²) < 4.78 is 5.11. The van der Waals surface area contributed by atoms with Crippen LogP contribution < -0.4 is 0 Å². The van der Waals surface area contributed by atoms with E-state index in [2.05, 4.69) is 23.7 Å². The molecule has 1 aliphatic heterocycles. The maximum Gasteiger partial charge on any atom is 0.313 e. The zero-order valence-corrected chi connectivity index (χ0v) is 15.0. The number of ether oxygens (including phenoxy) is 1. The minimum absolute atomic E-state index is 0.0801. The number of aromatic hydroxyl groups is 1. The number of phenolic OH excluding ortho intramolecular Hbond substituents is 1. The van der Waals surface area contributed by atoms with Gasteiger partial charge in [0, 0.05) is 25.0 Å². The van der Waals surface area contributed by atoms with Crippen molar-refractivity contribution in [2.75, 3.05) is 20.2 Å². The Labute approximate surface area is 147 Å². The Kier molecular flexibility index (Phi) is 3.55. The standard InChI is InChI=1S/C20H24N2O3/c1-19(2)11-20(18(24)25-3)12-22(10-16(19)20)9-14-8-7-13-5-4-6-15(23)17(13)21-14/h4-8,16,23H,9-12H2,1-3H3/t16-,20+/m1/s1. The lowest BCUT2D eigenvalue weighted by molar-refractivity contribution is -0.174. The number of aromatic nitrogens is 1. The first-order chi connectivity index (χ1) is 11.9. The molecule has 2 heterocycles. The Morgan fingerprint density at radius 2 is 2.16 bits per heavy atom. The van der Waals surface area contributed by atoms with E-state index in [1.165, 1.54) is 7.11 Å². The Morgan fingerprint density at radius 3 is 2.88 bits per heavy atom. The van der Waals surface area contributed by atoms with E-state index in [0.717, 1.165) is 24.0 Å². The number of carbonyl (C=O) groups excluding carboxylic acids is 1. The number of carbonyl (C=O) groups is 1. The van der Waals surface area contributed by atoms with E-state index in [1.54, 1.807) is 6.07 Å². The number of hydrogen-bond donors (Lipinski definition) is 1. The zero-order chi connectivity index (χ0) is 17.8. The molecular formula is C20H24N2O3. The maximum atomic E-state index is 12.4. The number of para-hydroxylation sites is 1. The summed E-state index contributed by atoms with van der Waals surface area (Å²) in [7, 11) is 1.48. The quantitative estimate of drug-likeness (QED) is 0.871. The fraction of sp³-hybridized carbons (Fsp3) is 0.500. The predicted molar refractivity (Wildman–Crippen MR) is 95.0 cm³/mol. The molecule has 1 aliphatic carbocycles. The number of esters is 1. The van der Waals surface area contributed by atoms with Crippen molar-refractivity contribution < 1.29 is 14.6 Å². The number of pyridine rings is 1. The number of phenols is 1. The number of benzene rings is 1. The lowest BCUT2D eigenvalue weighted by Crippen LogP contribution is -2.57. The SMILES string of the molecule is COC(=O)[C@@]12CN(Cc3ccc4cccc(O)c4n3)C[C@@H]1C(C)(C)C2. The van der Waals surface area contributed by atoms with Gasteiger partial charge in [0.15, 0.2) is 0 Å². The van der Waals surface area contributed by atoms with Crippen molar-refractivity contribution in [2.24, 2.45) is 16.7 Å². The van der Waals surface area contributed by atoms with E-state index < -0.39 is 0 Å². The highest BCUT2D eigenvalue weighted by atomic mass is 16.5. The average molecular weight is 340 g/mol. The summed E-state index contributed by atoms with van der Waals surface area (Å²) in [6, 6.07) is 9.40. The molecule has 1 saturated heterocycles. The van der Waals surface area contributed by atoms with E-state index in [0.29, 0.717) is 24.5 Å². The van der Waals surface area contributed by atoms with Crippen molar-refractivity contribution in [3.8, 4) is 5.75 Å². The topological polar surface area (TPSA) is 62.7 Å². The van der Waals surface area contributed by atoms with Gasteiger partial charge in [-0.25, -0.2) is 4.98 Å². The normalized spacial score (nSPS) is 27.7. The van der Waals surface area contributed by atoms with Crippen LogP contribution in [0.1, 0.15) is 26.0 Å². The highest BCUT2D eigenvalue weighted by Crippen LogP contribution is 2.63. The summed E-state index contributed by atoms with van der Waals surface area (Å²) in [5, 5.41) is 11.0. The molecule has 4 rings (SSSR count). The first-order valence-electron chi connectivity index (χ1n) is 8.74. The monoisotopic (exact) mass is 340 g/mol. The van der Waals surface area contributed by atoms with Crippen LogP contribution in [0.3, 0.4) is 0 Å². The van der Waals surface area contributed by atoms with Crippen LogP contribution in [0.25, 0.3) is 10.9 Å². The molecule has 0 bridgehead atoms. The molecule has 2 atom stereocenters. The van der Waals surface area contributed by atoms with Crippen molar-refractivity contribution in [1.29, 1.82) is 0 Å². The van der Waals surface area contributed by atoms with Gasteiger partial charge in [0.1, 0.15) is 11.3 Å². The summed E-state index contributed by atoms with van der Waals surface area (Å²) in [5.41, 5.74) is 1.34. The molecule has 0 radical (unpaired) electrons. The van der Waals surface area contributed by atoms with Crippen LogP contribution in [0.5, 0.6) is 5.75 Å². The molecule has 0 amide bonds. The van der Waals surface area contributed by atoms with Gasteiger partial charge in [-0.3, -0.25) is 9.69 Å². The van der Waals surface area contributed by atoms with Gasteiger partial charge in [0.25, 0.3) is 0 Å². The second-order valence-electron chi connectivity index (χ2n) is 8.19. The van der Waals surface area contributed by atoms with E-state index in [9.17, 15) is 9.90 Å². The van der Waals surface area contributed by atoms with Gasteiger partial charge in [-0.05, 0) is 29.9 Å². The van der Waals surface area contributed by atoms with Crippen LogP contribution in [0.15, 0.2) is 30.3 Å². The molecular weight excluding hydrogens is 316 g/mol. The highest BCUT2D eigenvalue weighted by molar-refractivity contribution is 5.84. The number of rotatable bonds is 3. The number of methoxy groups -OCH3 is 1. The lowest BCUT2D eigenvalue weighted by atomic mass is 9.48. The second kappa shape index (κ2) is 5.43. The maximum absolute atomic E-state index is 12.4. The molecule has 5 heteroatoms. The average Bonchev–Trinajstić information content (AvgIpc) is 2.90. The Morgan fingerprint density at radius 1 is 1.36 bits per heavy atom. The molecule has 25 heavy (non-hydrogen) atoms. The molecule has 2 aromatic rings. The van der Waals surface area contributed by atoms with Crippen LogP contribution in [0.4, 0.5) is 0 Å². The number of hydrogen-bond acceptors (Lipinski definition) is 5. The molecule has 1 saturated carbocycles. The Balaban J connectivity index is 1.58. The fourth-order valence-corrected chi connectivity index (χ4v) is 5.08. The molecule has 2 fully saturated rings. The van der Waals surface area contributed by atoms with Crippen molar-refractivity contribution >= 4 is 16.9 Å². The van der Waals surface area contributed by atoms with Gasteiger partial charge in [0.2, 0.25) is 0 Å². The highest BCUT2D eigenvalue weighted by Gasteiger charge is 2.67. The van der Waals surface area contributed by atoms with Gasteiger partial charge < -0.3 is 9.84 Å². The summed E-state index contributed by atoms with van der Waals surface area (Å²) in [6.07, 6.45) is 0.875. The first kappa shape index (κ1) is 16.3. The third kappa shape index (κ3) is 2.41. The van der Waals surface area contributed by atoms with Gasteiger partial charge in [-0.1, -0.05) is 32.0 Å². The zero-order valence-electron chi connectivity index (χ0n) is 15.0. The van der Waals surface area contributed by atoms with Gasteiger partial charge in [0.05, 0.1) is 18.2 Å². The summed E-state index contributed by atoms with van der Waals surface area (Å²) in [6.45, 7) is 6.73. The smallest absolute Gasteiger partial charge is 0.313 e. The first-order valence-corrected chi connectivity index (χ1v) is 8.74. The number of likely N-dealkylation sites (tertiary alicyclic amines) is 1. The molecule has 1 N–H and O–H groups in total. The molecule has 1 aromatic heterocycles. The Hall–Kier alpha value is -2.14. The van der Waals surface area contributed by atoms with Crippen LogP contribution >= 0.6 is 0 Å². The Bertz CT molecular complexity index is 848. The van der Waals surface area contributed by atoms with Crippen molar-refractivity contribution in [1.82, 2.24) is 9.88 Å². The van der Waals surface area contributed by atoms with Crippen LogP contribution in [0, 0.1) is 16.7 Å². The molecule has 0 spiro atoms. The third-order valence-corrected chi connectivity index (χ3v) is 6.06. The molecule has 1 aromatic carbocycles. The van der Waals surface area contributed by atoms with Crippen LogP contribution in [-0.2, 0) is 16.1 Å². The molecule has 0 unspecified atom stereocenters. The largest absolute Gasteiger partial charge is 0.506 e. The summed E-state index contributed by atoms with van der Waals surface area (Å²) in [4.78, 5) is 19.3. The van der Waals surface area contributed by atoms with Crippen molar-refractivity contribution in [3.05, 3.63) is 36.0 Å². The third-order valence-electron chi connectivity index (χ3n) is 6.06. The minimum Gasteiger partial charge on any atom is -0.506 e. The van der Waals surface area contributed by atoms with E-state index in [4.69, 9.17) is 4.74 Å². The van der Waals surface area contributed by atoms with Crippen molar-refractivity contribution in [3.63, 3.8) is 0 Å². The minimum atomic E-state index is -0.364. The second-order valence-corrected chi connectivity index (χ2v) is 8.19. The van der Waals surface area contributed by atoms with Crippen LogP contribution in [-0.4, -0.2) is 41.2 Å². The van der Waals surface area contributed by atoms with Crippen molar-refractivity contribution in [2.45, 2.75) is 26.8 Å². The summed E-state index contributed by atoms with van der Waals surface area (Å²) >= 11 is 0. The van der Waals surface area contributed by atoms with Gasteiger partial charge in [-0.2, -0.15) is 0 Å². The van der Waals surface area contributed by atoms with Gasteiger partial charge in [-0.15, -0.1) is 0 Å². The molecule has 132 valence electrons. The molecule has 2 aliphatic rings. The fourth-order valence-electron chi connectivity index (χ4n) is 5.08. The van der Waals surface area contributed by atoms with E-state index in [1.807, 2.05) is 24.3 Å². The summed E-state index contributed by atoms with van der Waals surface area (Å²) in [5.74, 6) is 0.442. The number of fused-ring (bicyclic) bond motifs is 2. The van der Waals surface area contributed by atoms with Gasteiger partial charge >= 0.3 is 5.97 Å². The lowest BCUT2D eigenvalue weighted by Gasteiger charge is -2.54. The predicted octanol–water partition coefficient (Wildman–Crippen LogP) is 2.96. The van der Waals surface area contributed by atoms with Crippen LogP contribution in [0.2, 0.25) is 0 Å². The van der Waals surface area contributed by atoms with E-state index in [-0.39, 0.29) is 22.5 Å².